The van der Waals surface area contributed by atoms with Crippen LogP contribution in [0, 0.1) is 18.8 Å². The Bertz CT molecular complexity index is 2300. The standard InChI is InChI=1S/C40H32N3OS2.Pt/c1-25-26(2)43(24-42(25)28-12-7-6-8-13-28)29-14-11-15-30(21-29)44-37-23-33-36(45-37)22-32-31-16-9-10-17-35(31)46-39(32)38(33)34-20-27(18-19-41-34)40(3,4)5;/h6-20,22,24H,1-5H3;/q-3;. The minimum absolute atomic E-state index is 0. The number of rotatable bonds is 5. The molecule has 47 heavy (non-hydrogen) atoms. The molecule has 4 nitrogen and oxygen atoms in total. The summed E-state index contributed by atoms with van der Waals surface area (Å²) in [5.74, 6) is 0.652. The van der Waals surface area contributed by atoms with Crippen molar-refractivity contribution in [3.8, 4) is 22.1 Å². The van der Waals surface area contributed by atoms with Crippen LogP contribution in [0.4, 0.5) is 11.4 Å². The average Bonchev–Trinajstić information content (AvgIpc) is 3.72. The fourth-order valence-electron chi connectivity index (χ4n) is 6.06. The van der Waals surface area contributed by atoms with Crippen LogP contribution in [0.15, 0.2) is 109 Å². The zero-order chi connectivity index (χ0) is 31.6. The number of hydrogen-bond acceptors (Lipinski definition) is 6. The predicted octanol–water partition coefficient (Wildman–Crippen LogP) is 11.7. The number of allylic oxidation sites excluding steroid dienone is 2. The fraction of sp³-hybridized carbons (Fsp3) is 0.150. The first-order chi connectivity index (χ1) is 22.2. The van der Waals surface area contributed by atoms with Crippen LogP contribution >= 0.6 is 22.7 Å². The van der Waals surface area contributed by atoms with E-state index in [0.717, 1.165) is 38.4 Å². The van der Waals surface area contributed by atoms with E-state index >= 15 is 0 Å². The van der Waals surface area contributed by atoms with Crippen molar-refractivity contribution in [2.45, 2.75) is 40.0 Å². The number of para-hydroxylation sites is 1. The number of pyridine rings is 1. The topological polar surface area (TPSA) is 28.6 Å². The first-order valence-corrected chi connectivity index (χ1v) is 17.0. The summed E-state index contributed by atoms with van der Waals surface area (Å²) in [7, 11) is 0. The molecule has 0 amide bonds. The molecule has 0 atom stereocenters. The Labute approximate surface area is 298 Å². The van der Waals surface area contributed by atoms with E-state index in [1.165, 1.54) is 31.4 Å². The second kappa shape index (κ2) is 12.2. The second-order valence-electron chi connectivity index (χ2n) is 12.7. The third-order valence-electron chi connectivity index (χ3n) is 8.67. The van der Waals surface area contributed by atoms with Gasteiger partial charge in [0.2, 0.25) is 0 Å². The molecule has 7 aromatic rings. The summed E-state index contributed by atoms with van der Waals surface area (Å²) in [5.41, 5.74) is 7.72. The minimum Gasteiger partial charge on any atom is -0.497 e. The zero-order valence-electron chi connectivity index (χ0n) is 26.7. The number of benzene rings is 4. The van der Waals surface area contributed by atoms with Gasteiger partial charge in [-0.05, 0) is 70.6 Å². The maximum Gasteiger partial charge on any atom is 0.107 e. The van der Waals surface area contributed by atoms with Crippen molar-refractivity contribution in [3.63, 3.8) is 0 Å². The molecule has 7 heteroatoms. The molecular weight excluding hydrogens is 798 g/mol. The number of thiophene rings is 2. The van der Waals surface area contributed by atoms with E-state index < -0.39 is 0 Å². The smallest absolute Gasteiger partial charge is 0.107 e. The quantitative estimate of drug-likeness (QED) is 0.162. The molecule has 0 radical (unpaired) electrons. The first kappa shape index (κ1) is 31.6. The van der Waals surface area contributed by atoms with Crippen LogP contribution in [0.1, 0.15) is 40.2 Å². The van der Waals surface area contributed by atoms with Crippen molar-refractivity contribution in [1.82, 2.24) is 4.98 Å². The van der Waals surface area contributed by atoms with Crippen molar-refractivity contribution >= 4 is 64.3 Å². The van der Waals surface area contributed by atoms with Crippen molar-refractivity contribution in [2.75, 3.05) is 9.80 Å². The number of nitrogens with zero attached hydrogens (tertiary/aromatic N) is 3. The molecule has 0 aliphatic carbocycles. The summed E-state index contributed by atoms with van der Waals surface area (Å²) >= 11 is 3.43. The molecule has 4 heterocycles. The average molecular weight is 830 g/mol. The monoisotopic (exact) mass is 829 g/mol. The number of aromatic nitrogens is 1. The summed E-state index contributed by atoms with van der Waals surface area (Å²) in [6.45, 7) is 13.1. The van der Waals surface area contributed by atoms with Crippen molar-refractivity contribution in [2.24, 2.45) is 0 Å². The van der Waals surface area contributed by atoms with Crippen LogP contribution in [0.3, 0.4) is 0 Å². The van der Waals surface area contributed by atoms with Crippen molar-refractivity contribution in [3.05, 3.63) is 133 Å². The molecule has 1 aliphatic heterocycles. The molecule has 238 valence electrons. The summed E-state index contributed by atoms with van der Waals surface area (Å²) < 4.78 is 10.1. The number of hydrogen-bond donors (Lipinski definition) is 0. The number of ether oxygens (including phenoxy) is 1. The van der Waals surface area contributed by atoms with Gasteiger partial charge in [-0.1, -0.05) is 73.5 Å². The molecule has 4 aromatic carbocycles. The predicted molar refractivity (Wildman–Crippen MR) is 195 cm³/mol. The number of fused-ring (bicyclic) bond motifs is 4. The first-order valence-electron chi connectivity index (χ1n) is 15.4. The third kappa shape index (κ3) is 5.67. The molecule has 0 bridgehead atoms. The zero-order valence-corrected chi connectivity index (χ0v) is 30.6. The van der Waals surface area contributed by atoms with Crippen LogP contribution in [0.5, 0.6) is 10.8 Å². The summed E-state index contributed by atoms with van der Waals surface area (Å²) in [6.07, 6.45) is 1.94. The molecule has 0 fully saturated rings. The Hall–Kier alpha value is -3.96. The molecule has 0 saturated carbocycles. The molecule has 0 N–H and O–H groups in total. The minimum atomic E-state index is 0. The normalized spacial score (nSPS) is 13.6. The van der Waals surface area contributed by atoms with Gasteiger partial charge in [0.25, 0.3) is 0 Å². The van der Waals surface area contributed by atoms with Gasteiger partial charge in [-0.25, -0.2) is 0 Å². The molecular formula is C40H32N3OPtS2-3. The van der Waals surface area contributed by atoms with Crippen molar-refractivity contribution < 1.29 is 25.8 Å². The van der Waals surface area contributed by atoms with Gasteiger partial charge >= 0.3 is 0 Å². The molecule has 8 rings (SSSR count). The van der Waals surface area contributed by atoms with Crippen LogP contribution in [0.25, 0.3) is 41.5 Å². The van der Waals surface area contributed by atoms with Gasteiger partial charge in [-0.2, -0.15) is 22.8 Å². The molecule has 0 saturated heterocycles. The van der Waals surface area contributed by atoms with E-state index in [9.17, 15) is 0 Å². The van der Waals surface area contributed by atoms with E-state index in [0.29, 0.717) is 10.8 Å². The van der Waals surface area contributed by atoms with Gasteiger partial charge in [-0.15, -0.1) is 48.0 Å². The van der Waals surface area contributed by atoms with Crippen LogP contribution < -0.4 is 14.5 Å². The Balaban J connectivity index is 0.00000351. The Kier molecular flexibility index (Phi) is 8.24. The van der Waals surface area contributed by atoms with Gasteiger partial charge in [0, 0.05) is 60.5 Å². The maximum atomic E-state index is 6.52. The Morgan fingerprint density at radius 3 is 2.34 bits per heavy atom. The van der Waals surface area contributed by atoms with E-state index in [-0.39, 0.29) is 26.5 Å². The van der Waals surface area contributed by atoms with Crippen LogP contribution in [-0.2, 0) is 26.5 Å². The van der Waals surface area contributed by atoms with E-state index in [1.54, 1.807) is 11.3 Å². The largest absolute Gasteiger partial charge is 0.497 e. The van der Waals surface area contributed by atoms with Crippen LogP contribution in [0.2, 0.25) is 0 Å². The summed E-state index contributed by atoms with van der Waals surface area (Å²) in [4.78, 5) is 9.28. The Morgan fingerprint density at radius 1 is 0.766 bits per heavy atom. The van der Waals surface area contributed by atoms with E-state index in [4.69, 9.17) is 9.72 Å². The maximum absolute atomic E-state index is 6.52. The number of anilines is 2. The summed E-state index contributed by atoms with van der Waals surface area (Å²) in [6, 6.07) is 38.9. The van der Waals surface area contributed by atoms with E-state index in [1.807, 2.05) is 35.7 Å². The van der Waals surface area contributed by atoms with Crippen molar-refractivity contribution in [1.29, 1.82) is 0 Å². The van der Waals surface area contributed by atoms with Gasteiger partial charge < -0.3 is 14.5 Å². The second-order valence-corrected chi connectivity index (χ2v) is 14.7. The third-order valence-corrected chi connectivity index (χ3v) is 10.8. The molecule has 0 unspecified atom stereocenters. The molecule has 1 aliphatic rings. The SMILES string of the molecule is CC1=C(C)N(c2ccccc2)[CH-]N1c1[c-]c(Oc2[c-]c3c(-c4cc(C(C)(C)C)ccn4)c4sc5ccccc5c4cc3s2)ccc1.[Pt]. The van der Waals surface area contributed by atoms with Gasteiger partial charge in [0.15, 0.2) is 0 Å². The van der Waals surface area contributed by atoms with Gasteiger partial charge in [0.05, 0.1) is 0 Å². The molecule has 3 aromatic heterocycles. The summed E-state index contributed by atoms with van der Waals surface area (Å²) in [5, 5.41) is 4.25. The Morgan fingerprint density at radius 2 is 1.53 bits per heavy atom. The molecule has 0 spiro atoms. The van der Waals surface area contributed by atoms with Gasteiger partial charge in [0.1, 0.15) is 5.06 Å². The van der Waals surface area contributed by atoms with Crippen LogP contribution in [-0.4, -0.2) is 4.98 Å². The van der Waals surface area contributed by atoms with E-state index in [2.05, 4.69) is 136 Å². The fourth-order valence-corrected chi connectivity index (χ4v) is 8.21. The van der Waals surface area contributed by atoms with Gasteiger partial charge in [-0.3, -0.25) is 4.98 Å².